The van der Waals surface area contributed by atoms with Gasteiger partial charge >= 0.3 is 0 Å². The zero-order valence-corrected chi connectivity index (χ0v) is 12.8. The summed E-state index contributed by atoms with van der Waals surface area (Å²) in [7, 11) is 0. The minimum Gasteiger partial charge on any atom is -0.352 e. The highest BCUT2D eigenvalue weighted by Crippen LogP contribution is 2.17. The molecule has 1 atom stereocenters. The molecular weight excluding hydrogens is 262 g/mol. The molecule has 1 aromatic rings. The Morgan fingerprint density at radius 3 is 2.86 bits per heavy atom. The summed E-state index contributed by atoms with van der Waals surface area (Å²) in [6, 6.07) is 6.03. The molecule has 4 nitrogen and oxygen atoms in total. The molecule has 2 heterocycles. The molecule has 0 aliphatic carbocycles. The van der Waals surface area contributed by atoms with Gasteiger partial charge in [0.2, 0.25) is 0 Å². The number of benzene rings is 1. The average molecular weight is 287 g/mol. The zero-order chi connectivity index (χ0) is 14.7. The highest BCUT2D eigenvalue weighted by Gasteiger charge is 2.16. The SMILES string of the molecule is CC(CNC(=O)c1ccc2c(c1)CNC2)CN1CCCC1. The summed E-state index contributed by atoms with van der Waals surface area (Å²) in [6.07, 6.45) is 2.64. The molecule has 0 radical (unpaired) electrons. The van der Waals surface area contributed by atoms with E-state index in [4.69, 9.17) is 0 Å². The summed E-state index contributed by atoms with van der Waals surface area (Å²) in [5.41, 5.74) is 3.35. The van der Waals surface area contributed by atoms with E-state index in [2.05, 4.69) is 28.5 Å². The van der Waals surface area contributed by atoms with Crippen molar-refractivity contribution in [2.24, 2.45) is 5.92 Å². The van der Waals surface area contributed by atoms with Crippen molar-refractivity contribution in [3.8, 4) is 0 Å². The van der Waals surface area contributed by atoms with Crippen LogP contribution in [0.1, 0.15) is 41.3 Å². The van der Waals surface area contributed by atoms with Gasteiger partial charge in [-0.3, -0.25) is 4.79 Å². The first kappa shape index (κ1) is 14.5. The number of carbonyl (C=O) groups is 1. The topological polar surface area (TPSA) is 44.4 Å². The maximum atomic E-state index is 12.2. The number of fused-ring (bicyclic) bond motifs is 1. The van der Waals surface area contributed by atoms with Crippen LogP contribution >= 0.6 is 0 Å². The second-order valence-corrected chi connectivity index (χ2v) is 6.41. The Kier molecular flexibility index (Phi) is 4.56. The van der Waals surface area contributed by atoms with Crippen LogP contribution < -0.4 is 10.6 Å². The van der Waals surface area contributed by atoms with Gasteiger partial charge in [-0.15, -0.1) is 0 Å². The Labute approximate surface area is 126 Å². The first-order valence-electron chi connectivity index (χ1n) is 8.05. The number of nitrogens with one attached hydrogen (secondary N) is 2. The molecule has 0 saturated carbocycles. The predicted molar refractivity (Wildman–Crippen MR) is 84.2 cm³/mol. The summed E-state index contributed by atoms with van der Waals surface area (Å²) in [5.74, 6) is 0.557. The summed E-state index contributed by atoms with van der Waals surface area (Å²) >= 11 is 0. The Hall–Kier alpha value is -1.39. The van der Waals surface area contributed by atoms with E-state index in [0.717, 1.165) is 31.7 Å². The molecule has 0 spiro atoms. The Bertz CT molecular complexity index is 509. The second kappa shape index (κ2) is 6.58. The number of nitrogens with zero attached hydrogens (tertiary/aromatic N) is 1. The summed E-state index contributed by atoms with van der Waals surface area (Å²) in [4.78, 5) is 14.7. The standard InChI is InChI=1S/C17H25N3O/c1-13(12-20-6-2-3-7-20)9-19-17(21)14-4-5-15-10-18-11-16(15)8-14/h4-5,8,13,18H,2-3,6-7,9-12H2,1H3,(H,19,21). The van der Waals surface area contributed by atoms with Gasteiger partial charge in [-0.25, -0.2) is 0 Å². The molecule has 1 saturated heterocycles. The average Bonchev–Trinajstić information content (AvgIpc) is 3.14. The monoisotopic (exact) mass is 287 g/mol. The van der Waals surface area contributed by atoms with E-state index in [0.29, 0.717) is 5.92 Å². The molecule has 114 valence electrons. The van der Waals surface area contributed by atoms with Crippen LogP contribution in [-0.4, -0.2) is 37.0 Å². The van der Waals surface area contributed by atoms with Gasteiger partial charge in [0, 0.05) is 31.7 Å². The van der Waals surface area contributed by atoms with Crippen molar-refractivity contribution in [2.75, 3.05) is 26.2 Å². The summed E-state index contributed by atoms with van der Waals surface area (Å²) < 4.78 is 0. The Morgan fingerprint density at radius 2 is 2.05 bits per heavy atom. The van der Waals surface area contributed by atoms with Crippen LogP contribution in [0.2, 0.25) is 0 Å². The van der Waals surface area contributed by atoms with Crippen LogP contribution in [0.4, 0.5) is 0 Å². The van der Waals surface area contributed by atoms with E-state index < -0.39 is 0 Å². The fraction of sp³-hybridized carbons (Fsp3) is 0.588. The largest absolute Gasteiger partial charge is 0.352 e. The number of hydrogen-bond acceptors (Lipinski definition) is 3. The normalized spacial score (nSPS) is 19.5. The highest BCUT2D eigenvalue weighted by atomic mass is 16.1. The minimum atomic E-state index is 0.0537. The lowest BCUT2D eigenvalue weighted by molar-refractivity contribution is 0.0945. The molecule has 2 aliphatic rings. The molecule has 1 aromatic carbocycles. The van der Waals surface area contributed by atoms with Crippen LogP contribution in [0.5, 0.6) is 0 Å². The van der Waals surface area contributed by atoms with Gasteiger partial charge in [0.1, 0.15) is 0 Å². The van der Waals surface area contributed by atoms with Crippen LogP contribution in [0.25, 0.3) is 0 Å². The lowest BCUT2D eigenvalue weighted by atomic mass is 10.1. The third kappa shape index (κ3) is 3.63. The van der Waals surface area contributed by atoms with Crippen LogP contribution in [-0.2, 0) is 13.1 Å². The van der Waals surface area contributed by atoms with E-state index in [1.807, 2.05) is 12.1 Å². The number of carbonyl (C=O) groups excluding carboxylic acids is 1. The number of rotatable bonds is 5. The molecule has 0 aromatic heterocycles. The van der Waals surface area contributed by atoms with Gasteiger partial charge in [-0.1, -0.05) is 13.0 Å². The molecule has 1 amide bonds. The van der Waals surface area contributed by atoms with E-state index in [9.17, 15) is 4.79 Å². The zero-order valence-electron chi connectivity index (χ0n) is 12.8. The number of likely N-dealkylation sites (tertiary alicyclic amines) is 1. The quantitative estimate of drug-likeness (QED) is 0.867. The fourth-order valence-electron chi connectivity index (χ4n) is 3.28. The maximum Gasteiger partial charge on any atom is 0.251 e. The van der Waals surface area contributed by atoms with Gasteiger partial charge in [-0.2, -0.15) is 0 Å². The van der Waals surface area contributed by atoms with E-state index in [-0.39, 0.29) is 5.91 Å². The van der Waals surface area contributed by atoms with Gasteiger partial charge in [0.05, 0.1) is 0 Å². The fourth-order valence-corrected chi connectivity index (χ4v) is 3.28. The molecule has 1 unspecified atom stereocenters. The molecule has 0 bridgehead atoms. The van der Waals surface area contributed by atoms with Crippen LogP contribution in [0.15, 0.2) is 18.2 Å². The van der Waals surface area contributed by atoms with Crippen molar-refractivity contribution < 1.29 is 4.79 Å². The maximum absolute atomic E-state index is 12.2. The van der Waals surface area contributed by atoms with E-state index in [1.165, 1.54) is 37.1 Å². The second-order valence-electron chi connectivity index (χ2n) is 6.41. The molecule has 3 rings (SSSR count). The molecule has 1 fully saturated rings. The molecule has 21 heavy (non-hydrogen) atoms. The highest BCUT2D eigenvalue weighted by molar-refractivity contribution is 5.94. The Balaban J connectivity index is 1.49. The van der Waals surface area contributed by atoms with Gasteiger partial charge in [0.25, 0.3) is 5.91 Å². The van der Waals surface area contributed by atoms with Crippen molar-refractivity contribution in [2.45, 2.75) is 32.9 Å². The molecule has 4 heteroatoms. The van der Waals surface area contributed by atoms with Crippen molar-refractivity contribution in [1.82, 2.24) is 15.5 Å². The van der Waals surface area contributed by atoms with Gasteiger partial charge in [0.15, 0.2) is 0 Å². The van der Waals surface area contributed by atoms with E-state index in [1.54, 1.807) is 0 Å². The van der Waals surface area contributed by atoms with Crippen molar-refractivity contribution in [3.05, 3.63) is 34.9 Å². The Morgan fingerprint density at radius 1 is 1.29 bits per heavy atom. The predicted octanol–water partition coefficient (Wildman–Crippen LogP) is 1.75. The summed E-state index contributed by atoms with van der Waals surface area (Å²) in [6.45, 7) is 8.29. The lowest BCUT2D eigenvalue weighted by Gasteiger charge is -2.20. The minimum absolute atomic E-state index is 0.0537. The van der Waals surface area contributed by atoms with Gasteiger partial charge in [-0.05, 0) is 55.1 Å². The first-order valence-corrected chi connectivity index (χ1v) is 8.05. The van der Waals surface area contributed by atoms with E-state index >= 15 is 0 Å². The molecular formula is C17H25N3O. The third-order valence-corrected chi connectivity index (χ3v) is 4.48. The van der Waals surface area contributed by atoms with Crippen molar-refractivity contribution in [1.29, 1.82) is 0 Å². The molecule has 2 aliphatic heterocycles. The van der Waals surface area contributed by atoms with Crippen LogP contribution in [0, 0.1) is 5.92 Å². The smallest absolute Gasteiger partial charge is 0.251 e. The first-order chi connectivity index (χ1) is 10.2. The lowest BCUT2D eigenvalue weighted by Crippen LogP contribution is -2.34. The number of amides is 1. The van der Waals surface area contributed by atoms with Crippen molar-refractivity contribution in [3.63, 3.8) is 0 Å². The van der Waals surface area contributed by atoms with Gasteiger partial charge < -0.3 is 15.5 Å². The number of hydrogen-bond donors (Lipinski definition) is 2. The summed E-state index contributed by atoms with van der Waals surface area (Å²) in [5, 5.41) is 6.39. The molecule has 2 N–H and O–H groups in total. The third-order valence-electron chi connectivity index (χ3n) is 4.48. The van der Waals surface area contributed by atoms with Crippen LogP contribution in [0.3, 0.4) is 0 Å². The van der Waals surface area contributed by atoms with Crippen molar-refractivity contribution >= 4 is 5.91 Å².